The van der Waals surface area contributed by atoms with Gasteiger partial charge in [0.05, 0.1) is 17.7 Å². The second kappa shape index (κ2) is 4.48. The van der Waals surface area contributed by atoms with Gasteiger partial charge in [0.1, 0.15) is 0 Å². The van der Waals surface area contributed by atoms with Crippen LogP contribution in [0.1, 0.15) is 43.6 Å². The number of H-pyrrole nitrogens is 1. The lowest BCUT2D eigenvalue weighted by atomic mass is 9.83. The number of ether oxygens (including phenoxy) is 1. The van der Waals surface area contributed by atoms with E-state index < -0.39 is 0 Å². The summed E-state index contributed by atoms with van der Waals surface area (Å²) < 4.78 is 5.18. The third-order valence-electron chi connectivity index (χ3n) is 3.02. The lowest BCUT2D eigenvalue weighted by Gasteiger charge is -2.22. The van der Waals surface area contributed by atoms with Gasteiger partial charge in [-0.3, -0.25) is 0 Å². The minimum absolute atomic E-state index is 0.0958. The van der Waals surface area contributed by atoms with Crippen LogP contribution in [0.15, 0.2) is 24.4 Å². The molecule has 0 bridgehead atoms. The second-order valence-corrected chi connectivity index (χ2v) is 5.40. The first-order chi connectivity index (χ1) is 8.45. The van der Waals surface area contributed by atoms with Crippen LogP contribution in [0.5, 0.6) is 0 Å². The van der Waals surface area contributed by atoms with Gasteiger partial charge in [0.15, 0.2) is 0 Å². The first-order valence-electron chi connectivity index (χ1n) is 6.23. The average molecular weight is 245 g/mol. The topological polar surface area (TPSA) is 42.1 Å². The van der Waals surface area contributed by atoms with Crippen molar-refractivity contribution < 1.29 is 9.53 Å². The van der Waals surface area contributed by atoms with E-state index in [0.29, 0.717) is 12.2 Å². The highest BCUT2D eigenvalue weighted by Crippen LogP contribution is 2.31. The van der Waals surface area contributed by atoms with E-state index >= 15 is 0 Å². The van der Waals surface area contributed by atoms with Crippen LogP contribution in [-0.2, 0) is 10.2 Å². The molecule has 0 saturated carbocycles. The van der Waals surface area contributed by atoms with Crippen molar-refractivity contribution in [3.63, 3.8) is 0 Å². The fraction of sp³-hybridized carbons (Fsp3) is 0.400. The van der Waals surface area contributed by atoms with Crippen LogP contribution in [-0.4, -0.2) is 17.6 Å². The molecule has 1 aromatic heterocycles. The number of nitrogens with one attached hydrogen (secondary N) is 1. The van der Waals surface area contributed by atoms with Gasteiger partial charge in [-0.25, -0.2) is 4.79 Å². The summed E-state index contributed by atoms with van der Waals surface area (Å²) in [5, 5.41) is 1.03. The van der Waals surface area contributed by atoms with Crippen LogP contribution in [0.25, 0.3) is 10.9 Å². The minimum atomic E-state index is -0.254. The van der Waals surface area contributed by atoms with Crippen molar-refractivity contribution in [2.24, 2.45) is 0 Å². The molecule has 0 amide bonds. The number of carbonyl (C=O) groups excluding carboxylic acids is 1. The average Bonchev–Trinajstić information content (AvgIpc) is 2.74. The first-order valence-corrected chi connectivity index (χ1v) is 6.23. The van der Waals surface area contributed by atoms with Crippen molar-refractivity contribution in [1.29, 1.82) is 0 Å². The molecule has 0 aliphatic heterocycles. The Hall–Kier alpha value is -1.77. The molecule has 0 fully saturated rings. The standard InChI is InChI=1S/C15H19NO2/c1-5-18-14(17)12-11(15(2,3)4)7-6-10-8-9-16-13(10)12/h6-9,16H,5H2,1-4H3. The summed E-state index contributed by atoms with van der Waals surface area (Å²) in [6, 6.07) is 6.02. The Labute approximate surface area is 107 Å². The molecule has 0 spiro atoms. The summed E-state index contributed by atoms with van der Waals surface area (Å²) in [6.45, 7) is 8.50. The summed E-state index contributed by atoms with van der Waals surface area (Å²) in [5.74, 6) is -0.254. The molecule has 0 unspecified atom stereocenters. The monoisotopic (exact) mass is 245 g/mol. The molecule has 2 aromatic rings. The fourth-order valence-corrected chi connectivity index (χ4v) is 2.17. The quantitative estimate of drug-likeness (QED) is 0.821. The fourth-order valence-electron chi connectivity index (χ4n) is 2.17. The van der Waals surface area contributed by atoms with Crippen molar-refractivity contribution in [2.45, 2.75) is 33.1 Å². The van der Waals surface area contributed by atoms with Gasteiger partial charge in [0.2, 0.25) is 0 Å². The van der Waals surface area contributed by atoms with Gasteiger partial charge >= 0.3 is 5.97 Å². The van der Waals surface area contributed by atoms with E-state index in [9.17, 15) is 4.79 Å². The molecular formula is C15H19NO2. The Morgan fingerprint density at radius 1 is 1.28 bits per heavy atom. The van der Waals surface area contributed by atoms with Crippen LogP contribution in [0.4, 0.5) is 0 Å². The molecule has 0 radical (unpaired) electrons. The van der Waals surface area contributed by atoms with Crippen molar-refractivity contribution in [2.75, 3.05) is 6.61 Å². The summed E-state index contributed by atoms with van der Waals surface area (Å²) in [6.07, 6.45) is 1.85. The molecule has 2 rings (SSSR count). The number of benzene rings is 1. The summed E-state index contributed by atoms with van der Waals surface area (Å²) >= 11 is 0. The number of aromatic amines is 1. The van der Waals surface area contributed by atoms with Gasteiger partial charge in [-0.05, 0) is 24.0 Å². The summed E-state index contributed by atoms with van der Waals surface area (Å²) in [5.41, 5.74) is 2.44. The molecular weight excluding hydrogens is 226 g/mol. The number of hydrogen-bond donors (Lipinski definition) is 1. The van der Waals surface area contributed by atoms with Crippen molar-refractivity contribution in [1.82, 2.24) is 4.98 Å². The Bertz CT molecular complexity index is 576. The van der Waals surface area contributed by atoms with E-state index in [1.807, 2.05) is 31.3 Å². The van der Waals surface area contributed by atoms with Crippen molar-refractivity contribution in [3.8, 4) is 0 Å². The minimum Gasteiger partial charge on any atom is -0.462 e. The first kappa shape index (κ1) is 12.7. The van der Waals surface area contributed by atoms with E-state index in [1.165, 1.54) is 0 Å². The molecule has 1 heterocycles. The normalized spacial score (nSPS) is 11.8. The van der Waals surface area contributed by atoms with Crippen molar-refractivity contribution >= 4 is 16.9 Å². The summed E-state index contributed by atoms with van der Waals surface area (Å²) in [7, 11) is 0. The molecule has 3 nitrogen and oxygen atoms in total. The number of esters is 1. The SMILES string of the molecule is CCOC(=O)c1c(C(C)(C)C)ccc2cc[nH]c12. The van der Waals surface area contributed by atoms with Crippen LogP contribution in [0.3, 0.4) is 0 Å². The largest absolute Gasteiger partial charge is 0.462 e. The zero-order valence-electron chi connectivity index (χ0n) is 11.3. The lowest BCUT2D eigenvalue weighted by molar-refractivity contribution is 0.0525. The highest BCUT2D eigenvalue weighted by Gasteiger charge is 2.25. The highest BCUT2D eigenvalue weighted by molar-refractivity contribution is 6.04. The van der Waals surface area contributed by atoms with Gasteiger partial charge in [-0.1, -0.05) is 32.9 Å². The van der Waals surface area contributed by atoms with Gasteiger partial charge in [0.25, 0.3) is 0 Å². The Kier molecular flexibility index (Phi) is 3.16. The number of aromatic nitrogens is 1. The predicted molar refractivity (Wildman–Crippen MR) is 73.0 cm³/mol. The van der Waals surface area contributed by atoms with E-state index in [1.54, 1.807) is 0 Å². The molecule has 1 N–H and O–H groups in total. The van der Waals surface area contributed by atoms with Crippen molar-refractivity contribution in [3.05, 3.63) is 35.5 Å². The third-order valence-corrected chi connectivity index (χ3v) is 3.02. The molecule has 96 valence electrons. The Morgan fingerprint density at radius 3 is 2.61 bits per heavy atom. The maximum absolute atomic E-state index is 12.2. The van der Waals surface area contributed by atoms with E-state index in [4.69, 9.17) is 4.74 Å². The molecule has 0 saturated heterocycles. The van der Waals surface area contributed by atoms with Gasteiger partial charge < -0.3 is 9.72 Å². The Morgan fingerprint density at radius 2 is 2.00 bits per heavy atom. The maximum atomic E-state index is 12.2. The number of fused-ring (bicyclic) bond motifs is 1. The molecule has 0 atom stereocenters. The zero-order chi connectivity index (χ0) is 13.3. The molecule has 18 heavy (non-hydrogen) atoms. The molecule has 1 aromatic carbocycles. The van der Waals surface area contributed by atoms with E-state index in [0.717, 1.165) is 16.5 Å². The van der Waals surface area contributed by atoms with Crippen LogP contribution < -0.4 is 0 Å². The van der Waals surface area contributed by atoms with Gasteiger partial charge in [0, 0.05) is 11.6 Å². The molecule has 0 aliphatic rings. The summed E-state index contributed by atoms with van der Waals surface area (Å²) in [4.78, 5) is 15.3. The van der Waals surface area contributed by atoms with E-state index in [-0.39, 0.29) is 11.4 Å². The van der Waals surface area contributed by atoms with Crippen LogP contribution >= 0.6 is 0 Å². The Balaban J connectivity index is 2.70. The molecule has 0 aliphatic carbocycles. The second-order valence-electron chi connectivity index (χ2n) is 5.40. The number of carbonyl (C=O) groups is 1. The van der Waals surface area contributed by atoms with Crippen LogP contribution in [0, 0.1) is 0 Å². The van der Waals surface area contributed by atoms with Gasteiger partial charge in [-0.2, -0.15) is 0 Å². The predicted octanol–water partition coefficient (Wildman–Crippen LogP) is 3.64. The van der Waals surface area contributed by atoms with E-state index in [2.05, 4.69) is 25.8 Å². The van der Waals surface area contributed by atoms with Gasteiger partial charge in [-0.15, -0.1) is 0 Å². The molecule has 3 heteroatoms. The maximum Gasteiger partial charge on any atom is 0.340 e. The zero-order valence-corrected chi connectivity index (χ0v) is 11.3. The van der Waals surface area contributed by atoms with Crippen LogP contribution in [0.2, 0.25) is 0 Å². The smallest absolute Gasteiger partial charge is 0.340 e. The third kappa shape index (κ3) is 2.13. The lowest BCUT2D eigenvalue weighted by Crippen LogP contribution is -2.18. The number of rotatable bonds is 2. The highest BCUT2D eigenvalue weighted by atomic mass is 16.5. The number of hydrogen-bond acceptors (Lipinski definition) is 2.